The van der Waals surface area contributed by atoms with Gasteiger partial charge in [-0.1, -0.05) is 18.9 Å². The van der Waals surface area contributed by atoms with Crippen LogP contribution >= 0.6 is 15.9 Å². The average Bonchev–Trinajstić information content (AvgIpc) is 2.90. The first-order valence-electron chi connectivity index (χ1n) is 6.40. The summed E-state index contributed by atoms with van der Waals surface area (Å²) in [6, 6.07) is 5.41. The Morgan fingerprint density at radius 1 is 1.39 bits per heavy atom. The highest BCUT2D eigenvalue weighted by atomic mass is 79.9. The Morgan fingerprint density at radius 2 is 2.06 bits per heavy atom. The van der Waals surface area contributed by atoms with Crippen LogP contribution in [0.1, 0.15) is 37.3 Å². The smallest absolute Gasteiger partial charge is 0.133 e. The minimum atomic E-state index is -0.451. The first kappa shape index (κ1) is 13.8. The van der Waals surface area contributed by atoms with Crippen LogP contribution in [0.3, 0.4) is 0 Å². The van der Waals surface area contributed by atoms with Crippen molar-refractivity contribution in [2.75, 3.05) is 7.11 Å². The van der Waals surface area contributed by atoms with Crippen LogP contribution in [0.25, 0.3) is 0 Å². The molecule has 100 valence electrons. The lowest BCUT2D eigenvalue weighted by atomic mass is 9.91. The molecule has 1 aliphatic rings. The minimum Gasteiger partial charge on any atom is -0.496 e. The number of hydrogen-bond donors (Lipinski definition) is 2. The fourth-order valence-electron chi connectivity index (χ4n) is 2.68. The Hall–Kier alpha value is -0.580. The van der Waals surface area contributed by atoms with Gasteiger partial charge in [-0.15, -0.1) is 0 Å². The van der Waals surface area contributed by atoms with Crippen molar-refractivity contribution < 1.29 is 9.84 Å². The molecule has 18 heavy (non-hydrogen) atoms. The van der Waals surface area contributed by atoms with E-state index in [0.717, 1.165) is 28.6 Å². The third kappa shape index (κ3) is 2.87. The maximum Gasteiger partial charge on any atom is 0.133 e. The highest BCUT2D eigenvalue weighted by Crippen LogP contribution is 2.34. The molecule has 0 aliphatic heterocycles. The summed E-state index contributed by atoms with van der Waals surface area (Å²) in [6.45, 7) is 0. The van der Waals surface area contributed by atoms with E-state index in [1.165, 1.54) is 12.8 Å². The van der Waals surface area contributed by atoms with Gasteiger partial charge in [-0.05, 0) is 52.4 Å². The van der Waals surface area contributed by atoms with Gasteiger partial charge in [-0.3, -0.25) is 0 Å². The Balaban J connectivity index is 2.12. The lowest BCUT2D eigenvalue weighted by Gasteiger charge is -2.25. The molecule has 0 aromatic heterocycles. The van der Waals surface area contributed by atoms with Crippen molar-refractivity contribution in [2.45, 2.75) is 37.8 Å². The number of methoxy groups -OCH3 is 1. The third-order valence-electron chi connectivity index (χ3n) is 3.81. The summed E-state index contributed by atoms with van der Waals surface area (Å²) in [7, 11) is 1.63. The maximum atomic E-state index is 10.3. The van der Waals surface area contributed by atoms with E-state index in [2.05, 4.69) is 15.9 Å². The van der Waals surface area contributed by atoms with E-state index in [-0.39, 0.29) is 6.04 Å². The van der Waals surface area contributed by atoms with Crippen LogP contribution in [-0.2, 0) is 0 Å². The minimum absolute atomic E-state index is 0.324. The molecule has 0 saturated heterocycles. The van der Waals surface area contributed by atoms with E-state index in [4.69, 9.17) is 10.5 Å². The van der Waals surface area contributed by atoms with Gasteiger partial charge in [-0.25, -0.2) is 0 Å². The molecule has 1 saturated carbocycles. The van der Waals surface area contributed by atoms with Crippen molar-refractivity contribution in [1.29, 1.82) is 0 Å². The van der Waals surface area contributed by atoms with Crippen molar-refractivity contribution >= 4 is 15.9 Å². The van der Waals surface area contributed by atoms with Crippen molar-refractivity contribution in [3.63, 3.8) is 0 Å². The van der Waals surface area contributed by atoms with E-state index in [9.17, 15) is 5.11 Å². The molecule has 0 amide bonds. The molecule has 1 aliphatic carbocycles. The fraction of sp³-hybridized carbons (Fsp3) is 0.571. The molecule has 0 bridgehead atoms. The highest BCUT2D eigenvalue weighted by molar-refractivity contribution is 9.10. The van der Waals surface area contributed by atoms with Crippen molar-refractivity contribution in [3.8, 4) is 5.75 Å². The normalized spacial score (nSPS) is 19.8. The lowest BCUT2D eigenvalue weighted by molar-refractivity contribution is 0.0844. The molecule has 4 heteroatoms. The van der Waals surface area contributed by atoms with Crippen molar-refractivity contribution in [2.24, 2.45) is 11.7 Å². The molecule has 1 aromatic carbocycles. The second-order valence-corrected chi connectivity index (χ2v) is 5.81. The van der Waals surface area contributed by atoms with Gasteiger partial charge in [0.05, 0.1) is 23.7 Å². The number of aliphatic hydroxyl groups is 1. The molecule has 3 N–H and O–H groups in total. The van der Waals surface area contributed by atoms with Gasteiger partial charge >= 0.3 is 0 Å². The van der Waals surface area contributed by atoms with E-state index in [0.29, 0.717) is 5.92 Å². The summed E-state index contributed by atoms with van der Waals surface area (Å²) in [4.78, 5) is 0. The molecule has 0 unspecified atom stereocenters. The molecule has 3 nitrogen and oxygen atoms in total. The summed E-state index contributed by atoms with van der Waals surface area (Å²) in [5.41, 5.74) is 7.11. The van der Waals surface area contributed by atoms with Gasteiger partial charge in [0.15, 0.2) is 0 Å². The molecule has 1 aromatic rings. The molecular formula is C14H20BrNO2. The van der Waals surface area contributed by atoms with Crippen LogP contribution in [-0.4, -0.2) is 18.3 Å². The van der Waals surface area contributed by atoms with Gasteiger partial charge in [0.2, 0.25) is 0 Å². The highest BCUT2D eigenvalue weighted by Gasteiger charge is 2.28. The summed E-state index contributed by atoms with van der Waals surface area (Å²) >= 11 is 3.45. The zero-order chi connectivity index (χ0) is 13.1. The molecule has 2 atom stereocenters. The Morgan fingerprint density at radius 3 is 2.61 bits per heavy atom. The first-order chi connectivity index (χ1) is 8.63. The molecular weight excluding hydrogens is 294 g/mol. The van der Waals surface area contributed by atoms with E-state index >= 15 is 0 Å². The van der Waals surface area contributed by atoms with Crippen molar-refractivity contribution in [1.82, 2.24) is 0 Å². The molecule has 1 fully saturated rings. The quantitative estimate of drug-likeness (QED) is 0.898. The van der Waals surface area contributed by atoms with Gasteiger partial charge in [-0.2, -0.15) is 0 Å². The standard InChI is InChI=1S/C14H20BrNO2/c1-18-12-7-6-10(8-11(12)15)13(16)14(17)9-4-2-3-5-9/h6-9,13-14,17H,2-5,16H2,1H3/t13-,14+/m1/s1. The number of benzene rings is 1. The number of ether oxygens (including phenoxy) is 1. The van der Waals surface area contributed by atoms with Crippen LogP contribution < -0.4 is 10.5 Å². The molecule has 2 rings (SSSR count). The first-order valence-corrected chi connectivity index (χ1v) is 7.20. The maximum absolute atomic E-state index is 10.3. The van der Waals surface area contributed by atoms with Crippen LogP contribution in [0, 0.1) is 5.92 Å². The number of nitrogens with two attached hydrogens (primary N) is 1. The van der Waals surface area contributed by atoms with Crippen molar-refractivity contribution in [3.05, 3.63) is 28.2 Å². The number of rotatable bonds is 4. The van der Waals surface area contributed by atoms with Crippen LogP contribution in [0.15, 0.2) is 22.7 Å². The lowest BCUT2D eigenvalue weighted by Crippen LogP contribution is -2.31. The zero-order valence-corrected chi connectivity index (χ0v) is 12.2. The predicted octanol–water partition coefficient (Wildman–Crippen LogP) is 3.01. The Kier molecular flexibility index (Phi) is 4.65. The van der Waals surface area contributed by atoms with Gasteiger partial charge in [0.1, 0.15) is 5.75 Å². The number of hydrogen-bond acceptors (Lipinski definition) is 3. The molecule has 0 heterocycles. The Labute approximate surface area is 116 Å². The predicted molar refractivity (Wildman–Crippen MR) is 75.6 cm³/mol. The summed E-state index contributed by atoms with van der Waals surface area (Å²) in [5.74, 6) is 1.13. The Bertz CT molecular complexity index is 405. The number of halogens is 1. The second-order valence-electron chi connectivity index (χ2n) is 4.95. The largest absolute Gasteiger partial charge is 0.496 e. The third-order valence-corrected chi connectivity index (χ3v) is 4.43. The van der Waals surface area contributed by atoms with Crippen LogP contribution in [0.4, 0.5) is 0 Å². The summed E-state index contributed by atoms with van der Waals surface area (Å²) < 4.78 is 6.06. The van der Waals surface area contributed by atoms with E-state index in [1.807, 2.05) is 18.2 Å². The average molecular weight is 314 g/mol. The van der Waals surface area contributed by atoms with Crippen LogP contribution in [0.5, 0.6) is 5.75 Å². The molecule has 0 radical (unpaired) electrons. The summed E-state index contributed by atoms with van der Waals surface area (Å²) in [5, 5.41) is 10.3. The molecule has 0 spiro atoms. The summed E-state index contributed by atoms with van der Waals surface area (Å²) in [6.07, 6.45) is 4.15. The van der Waals surface area contributed by atoms with E-state index < -0.39 is 6.10 Å². The second kappa shape index (κ2) is 6.04. The number of aliphatic hydroxyl groups excluding tert-OH is 1. The van der Waals surface area contributed by atoms with Gasteiger partial charge in [0, 0.05) is 0 Å². The van der Waals surface area contributed by atoms with Gasteiger partial charge < -0.3 is 15.6 Å². The fourth-order valence-corrected chi connectivity index (χ4v) is 3.24. The van der Waals surface area contributed by atoms with Crippen LogP contribution in [0.2, 0.25) is 0 Å². The zero-order valence-electron chi connectivity index (χ0n) is 10.6. The SMILES string of the molecule is COc1ccc([C@@H](N)[C@@H](O)C2CCCC2)cc1Br. The topological polar surface area (TPSA) is 55.5 Å². The monoisotopic (exact) mass is 313 g/mol. The van der Waals surface area contributed by atoms with Gasteiger partial charge in [0.25, 0.3) is 0 Å². The van der Waals surface area contributed by atoms with E-state index in [1.54, 1.807) is 7.11 Å².